The Balaban J connectivity index is 2.15. The molecule has 1 aliphatic rings. The Labute approximate surface area is 119 Å². The summed E-state index contributed by atoms with van der Waals surface area (Å²) in [5.41, 5.74) is 0. The maximum absolute atomic E-state index is 12.0. The molecule has 1 saturated heterocycles. The van der Waals surface area contributed by atoms with Gasteiger partial charge in [0, 0.05) is 33.0 Å². The number of aliphatic carboxylic acids is 1. The highest BCUT2D eigenvalue weighted by Gasteiger charge is 2.27. The molecule has 1 rings (SSSR count). The molecular weight excluding hydrogens is 260 g/mol. The van der Waals surface area contributed by atoms with Crippen LogP contribution in [-0.4, -0.2) is 47.4 Å². The number of likely N-dealkylation sites (tertiary alicyclic amines) is 1. The van der Waals surface area contributed by atoms with E-state index in [0.717, 1.165) is 25.7 Å². The minimum Gasteiger partial charge on any atom is -0.481 e. The quantitative estimate of drug-likeness (QED) is 0.683. The van der Waals surface area contributed by atoms with Gasteiger partial charge in [0.2, 0.25) is 11.8 Å². The molecule has 0 bridgehead atoms. The second kappa shape index (κ2) is 8.55. The van der Waals surface area contributed by atoms with Crippen LogP contribution in [0.25, 0.3) is 0 Å². The highest BCUT2D eigenvalue weighted by molar-refractivity contribution is 5.78. The molecule has 0 spiro atoms. The number of carboxylic acids is 1. The fraction of sp³-hybridized carbons (Fsp3) is 0.786. The predicted molar refractivity (Wildman–Crippen MR) is 74.1 cm³/mol. The molecule has 0 aliphatic carbocycles. The number of rotatable bonds is 7. The number of amides is 2. The SMILES string of the molecule is CC(=O)NCCCCCC(=O)N1CCC[C@@H](C(=O)O)C1. The lowest BCUT2D eigenvalue weighted by Crippen LogP contribution is -2.42. The predicted octanol–water partition coefficient (Wildman–Crippen LogP) is 1.01. The van der Waals surface area contributed by atoms with E-state index in [1.54, 1.807) is 4.90 Å². The Hall–Kier alpha value is -1.59. The highest BCUT2D eigenvalue weighted by atomic mass is 16.4. The molecule has 2 N–H and O–H groups in total. The molecular formula is C14H24N2O4. The number of carboxylic acid groups (broad SMARTS) is 1. The zero-order chi connectivity index (χ0) is 15.0. The van der Waals surface area contributed by atoms with Gasteiger partial charge in [0.15, 0.2) is 0 Å². The zero-order valence-electron chi connectivity index (χ0n) is 12.1. The standard InChI is InChI=1S/C14H24N2O4/c1-11(17)15-8-4-2-3-7-13(18)16-9-5-6-12(10-16)14(19)20/h12H,2-10H2,1H3,(H,15,17)(H,19,20)/t12-/m1/s1. The van der Waals surface area contributed by atoms with Crippen molar-refractivity contribution in [2.75, 3.05) is 19.6 Å². The second-order valence-electron chi connectivity index (χ2n) is 5.31. The van der Waals surface area contributed by atoms with E-state index in [4.69, 9.17) is 5.11 Å². The molecule has 1 heterocycles. The lowest BCUT2D eigenvalue weighted by molar-refractivity contribution is -0.145. The first-order chi connectivity index (χ1) is 9.50. The summed E-state index contributed by atoms with van der Waals surface area (Å²) in [6.07, 6.45) is 4.44. The van der Waals surface area contributed by atoms with Gasteiger partial charge in [-0.3, -0.25) is 14.4 Å². The van der Waals surface area contributed by atoms with Crippen molar-refractivity contribution in [3.63, 3.8) is 0 Å². The van der Waals surface area contributed by atoms with Crippen molar-refractivity contribution >= 4 is 17.8 Å². The number of carbonyl (C=O) groups excluding carboxylic acids is 2. The fourth-order valence-corrected chi connectivity index (χ4v) is 2.41. The minimum atomic E-state index is -0.808. The van der Waals surface area contributed by atoms with Crippen LogP contribution in [0.4, 0.5) is 0 Å². The third-order valence-electron chi connectivity index (χ3n) is 3.56. The summed E-state index contributed by atoms with van der Waals surface area (Å²) in [7, 11) is 0. The number of nitrogens with zero attached hydrogens (tertiary/aromatic N) is 1. The Kier molecular flexibility index (Phi) is 7.04. The van der Waals surface area contributed by atoms with E-state index in [1.165, 1.54) is 6.92 Å². The summed E-state index contributed by atoms with van der Waals surface area (Å²) in [6, 6.07) is 0. The van der Waals surface area contributed by atoms with Gasteiger partial charge in [0.05, 0.1) is 5.92 Å². The smallest absolute Gasteiger partial charge is 0.308 e. The van der Waals surface area contributed by atoms with E-state index in [-0.39, 0.29) is 11.8 Å². The first kappa shape index (κ1) is 16.5. The average Bonchev–Trinajstić information content (AvgIpc) is 2.42. The summed E-state index contributed by atoms with van der Waals surface area (Å²) in [5, 5.41) is 11.7. The first-order valence-electron chi connectivity index (χ1n) is 7.25. The van der Waals surface area contributed by atoms with Gasteiger partial charge in [-0.05, 0) is 25.7 Å². The Morgan fingerprint density at radius 3 is 2.65 bits per heavy atom. The summed E-state index contributed by atoms with van der Waals surface area (Å²) in [6.45, 7) is 3.15. The van der Waals surface area contributed by atoms with Crippen molar-refractivity contribution in [3.05, 3.63) is 0 Å². The first-order valence-corrected chi connectivity index (χ1v) is 7.25. The van der Waals surface area contributed by atoms with Crippen molar-refractivity contribution in [3.8, 4) is 0 Å². The minimum absolute atomic E-state index is 0.0332. The average molecular weight is 284 g/mol. The van der Waals surface area contributed by atoms with Crippen LogP contribution in [0.2, 0.25) is 0 Å². The number of nitrogens with one attached hydrogen (secondary N) is 1. The molecule has 20 heavy (non-hydrogen) atoms. The Morgan fingerprint density at radius 2 is 2.00 bits per heavy atom. The van der Waals surface area contributed by atoms with Crippen molar-refractivity contribution < 1.29 is 19.5 Å². The van der Waals surface area contributed by atoms with Crippen molar-refractivity contribution in [1.82, 2.24) is 10.2 Å². The van der Waals surface area contributed by atoms with Gasteiger partial charge >= 0.3 is 5.97 Å². The monoisotopic (exact) mass is 284 g/mol. The third kappa shape index (κ3) is 6.04. The molecule has 1 aliphatic heterocycles. The van der Waals surface area contributed by atoms with Crippen LogP contribution in [-0.2, 0) is 14.4 Å². The topological polar surface area (TPSA) is 86.7 Å². The molecule has 1 fully saturated rings. The molecule has 0 aromatic carbocycles. The van der Waals surface area contributed by atoms with Gasteiger partial charge in [0.1, 0.15) is 0 Å². The van der Waals surface area contributed by atoms with Gasteiger partial charge in [-0.15, -0.1) is 0 Å². The van der Waals surface area contributed by atoms with Gasteiger partial charge in [-0.25, -0.2) is 0 Å². The molecule has 0 unspecified atom stereocenters. The molecule has 6 heteroatoms. The van der Waals surface area contributed by atoms with Crippen molar-refractivity contribution in [2.45, 2.75) is 45.4 Å². The second-order valence-corrected chi connectivity index (χ2v) is 5.31. The lowest BCUT2D eigenvalue weighted by Gasteiger charge is -2.30. The summed E-state index contributed by atoms with van der Waals surface area (Å²) < 4.78 is 0. The van der Waals surface area contributed by atoms with Crippen molar-refractivity contribution in [2.24, 2.45) is 5.92 Å². The number of carbonyl (C=O) groups is 3. The molecule has 0 aromatic heterocycles. The van der Waals surface area contributed by atoms with Gasteiger partial charge in [-0.2, -0.15) is 0 Å². The van der Waals surface area contributed by atoms with Crippen LogP contribution in [0.15, 0.2) is 0 Å². The van der Waals surface area contributed by atoms with E-state index in [0.29, 0.717) is 32.5 Å². The van der Waals surface area contributed by atoms with Gasteiger partial charge < -0.3 is 15.3 Å². The van der Waals surface area contributed by atoms with Crippen LogP contribution in [0.3, 0.4) is 0 Å². The molecule has 114 valence electrons. The van der Waals surface area contributed by atoms with E-state index in [9.17, 15) is 14.4 Å². The van der Waals surface area contributed by atoms with Gasteiger partial charge in [0.25, 0.3) is 0 Å². The zero-order valence-corrected chi connectivity index (χ0v) is 12.1. The summed E-state index contributed by atoms with van der Waals surface area (Å²) >= 11 is 0. The Morgan fingerprint density at radius 1 is 1.25 bits per heavy atom. The van der Waals surface area contributed by atoms with E-state index in [1.807, 2.05) is 0 Å². The lowest BCUT2D eigenvalue weighted by atomic mass is 9.98. The fourth-order valence-electron chi connectivity index (χ4n) is 2.41. The molecule has 0 saturated carbocycles. The van der Waals surface area contributed by atoms with E-state index in [2.05, 4.69) is 5.32 Å². The normalized spacial score (nSPS) is 18.6. The molecule has 0 aromatic rings. The number of piperidine rings is 1. The maximum Gasteiger partial charge on any atom is 0.308 e. The van der Waals surface area contributed by atoms with Crippen LogP contribution in [0, 0.1) is 5.92 Å². The van der Waals surface area contributed by atoms with Gasteiger partial charge in [-0.1, -0.05) is 6.42 Å². The van der Waals surface area contributed by atoms with Crippen LogP contribution < -0.4 is 5.32 Å². The van der Waals surface area contributed by atoms with Crippen molar-refractivity contribution in [1.29, 1.82) is 0 Å². The third-order valence-corrected chi connectivity index (χ3v) is 3.56. The summed E-state index contributed by atoms with van der Waals surface area (Å²) in [5.74, 6) is -1.20. The largest absolute Gasteiger partial charge is 0.481 e. The molecule has 0 radical (unpaired) electrons. The molecule has 2 amide bonds. The molecule has 6 nitrogen and oxygen atoms in total. The van der Waals surface area contributed by atoms with E-state index < -0.39 is 11.9 Å². The highest BCUT2D eigenvalue weighted by Crippen LogP contribution is 2.18. The van der Waals surface area contributed by atoms with Crippen LogP contribution in [0.1, 0.15) is 45.4 Å². The Bertz CT molecular complexity index is 357. The van der Waals surface area contributed by atoms with Crippen LogP contribution in [0.5, 0.6) is 0 Å². The van der Waals surface area contributed by atoms with E-state index >= 15 is 0 Å². The maximum atomic E-state index is 12.0. The number of hydrogen-bond donors (Lipinski definition) is 2. The summed E-state index contributed by atoms with van der Waals surface area (Å²) in [4.78, 5) is 35.2. The number of hydrogen-bond acceptors (Lipinski definition) is 3. The molecule has 1 atom stereocenters. The van der Waals surface area contributed by atoms with Crippen LogP contribution >= 0.6 is 0 Å². The number of unbranched alkanes of at least 4 members (excludes halogenated alkanes) is 2.